The van der Waals surface area contributed by atoms with Crippen LogP contribution in [0.15, 0.2) is 34.6 Å². The number of hydrogen-bond acceptors (Lipinski definition) is 6. The van der Waals surface area contributed by atoms with Gasteiger partial charge in [-0.25, -0.2) is 9.59 Å². The van der Waals surface area contributed by atoms with Gasteiger partial charge in [-0.15, -0.1) is 0 Å². The van der Waals surface area contributed by atoms with Crippen LogP contribution < -0.4 is 22.9 Å². The first kappa shape index (κ1) is 14.8. The van der Waals surface area contributed by atoms with Gasteiger partial charge in [0.05, 0.1) is 11.1 Å². The van der Waals surface area contributed by atoms with Gasteiger partial charge in [0, 0.05) is 0 Å². The van der Waals surface area contributed by atoms with Gasteiger partial charge in [-0.1, -0.05) is 0 Å². The van der Waals surface area contributed by atoms with E-state index in [1.54, 1.807) is 0 Å². The zero-order valence-corrected chi connectivity index (χ0v) is 10.1. The van der Waals surface area contributed by atoms with Crippen LogP contribution in [0.25, 0.3) is 0 Å². The van der Waals surface area contributed by atoms with E-state index in [1.165, 1.54) is 24.3 Å². The largest absolute Gasteiger partial charge is 0.367 e. The summed E-state index contributed by atoms with van der Waals surface area (Å²) in [6.07, 6.45) is 0. The molecular formula is C10H12N6O4. The first-order valence-electron chi connectivity index (χ1n) is 5.10. The van der Waals surface area contributed by atoms with E-state index in [2.05, 4.69) is 20.0 Å². The van der Waals surface area contributed by atoms with Crippen molar-refractivity contribution in [1.82, 2.24) is 0 Å². The molecule has 1 aromatic carbocycles. The predicted octanol–water partition coefficient (Wildman–Crippen LogP) is -1.62. The zero-order chi connectivity index (χ0) is 15.1. The van der Waals surface area contributed by atoms with Crippen molar-refractivity contribution < 1.29 is 19.3 Å². The van der Waals surface area contributed by atoms with Crippen molar-refractivity contribution in [3.63, 3.8) is 0 Å². The van der Waals surface area contributed by atoms with E-state index < -0.39 is 23.9 Å². The second-order valence-corrected chi connectivity index (χ2v) is 3.37. The molecule has 0 radical (unpaired) electrons. The van der Waals surface area contributed by atoms with Crippen LogP contribution in [0.5, 0.6) is 0 Å². The Balaban J connectivity index is 2.73. The Labute approximate surface area is 112 Å². The third-order valence-corrected chi connectivity index (χ3v) is 1.82. The van der Waals surface area contributed by atoms with Gasteiger partial charge < -0.3 is 32.6 Å². The highest BCUT2D eigenvalue weighted by atomic mass is 16.7. The number of benzene rings is 1. The van der Waals surface area contributed by atoms with Gasteiger partial charge in [0.2, 0.25) is 11.9 Å². The predicted molar refractivity (Wildman–Crippen MR) is 68.9 cm³/mol. The van der Waals surface area contributed by atoms with E-state index in [-0.39, 0.29) is 11.1 Å². The highest BCUT2D eigenvalue weighted by molar-refractivity contribution is 5.93. The number of nitrogens with zero attached hydrogens (tertiary/aromatic N) is 2. The fourth-order valence-electron chi connectivity index (χ4n) is 1.04. The number of carbonyl (C=O) groups excluding carboxylic acids is 2. The number of carbonyl (C=O) groups is 2. The molecule has 20 heavy (non-hydrogen) atoms. The van der Waals surface area contributed by atoms with Gasteiger partial charge in [-0.05, 0) is 34.6 Å². The Morgan fingerprint density at radius 1 is 0.750 bits per heavy atom. The Bertz CT molecular complexity index is 507. The average Bonchev–Trinajstić information content (AvgIpc) is 2.42. The molecule has 0 bridgehead atoms. The van der Waals surface area contributed by atoms with E-state index in [1.807, 2.05) is 0 Å². The van der Waals surface area contributed by atoms with Gasteiger partial charge in [-0.3, -0.25) is 0 Å². The second-order valence-electron chi connectivity index (χ2n) is 3.37. The maximum atomic E-state index is 11.4. The monoisotopic (exact) mass is 280 g/mol. The quantitative estimate of drug-likeness (QED) is 0.219. The number of hydrogen-bond donors (Lipinski definition) is 4. The molecule has 0 atom stereocenters. The molecule has 0 fully saturated rings. The van der Waals surface area contributed by atoms with Crippen LogP contribution in [0.1, 0.15) is 20.7 Å². The SMILES string of the molecule is NC(N)=NOC(=O)c1ccc(C(=O)ON=C(N)N)cc1. The first-order chi connectivity index (χ1) is 9.40. The zero-order valence-electron chi connectivity index (χ0n) is 10.1. The Hall–Kier alpha value is -3.30. The Morgan fingerprint density at radius 3 is 1.30 bits per heavy atom. The van der Waals surface area contributed by atoms with E-state index >= 15 is 0 Å². The van der Waals surface area contributed by atoms with Gasteiger partial charge in [0.1, 0.15) is 0 Å². The first-order valence-corrected chi connectivity index (χ1v) is 5.10. The molecule has 0 aliphatic heterocycles. The van der Waals surface area contributed by atoms with Crippen molar-refractivity contribution >= 4 is 23.9 Å². The minimum absolute atomic E-state index is 0.133. The molecule has 1 aromatic rings. The number of guanidine groups is 2. The summed E-state index contributed by atoms with van der Waals surface area (Å²) in [7, 11) is 0. The van der Waals surface area contributed by atoms with Crippen LogP contribution in [0.2, 0.25) is 0 Å². The van der Waals surface area contributed by atoms with Crippen LogP contribution in [0.3, 0.4) is 0 Å². The molecule has 0 amide bonds. The van der Waals surface area contributed by atoms with Gasteiger partial charge in [-0.2, -0.15) is 0 Å². The van der Waals surface area contributed by atoms with Crippen LogP contribution in [-0.2, 0) is 9.68 Å². The van der Waals surface area contributed by atoms with Crippen LogP contribution in [0, 0.1) is 0 Å². The summed E-state index contributed by atoms with van der Waals surface area (Å²) < 4.78 is 0. The maximum absolute atomic E-state index is 11.4. The van der Waals surface area contributed by atoms with Crippen LogP contribution >= 0.6 is 0 Å². The summed E-state index contributed by atoms with van der Waals surface area (Å²) in [5.74, 6) is -2.36. The molecule has 0 aliphatic rings. The summed E-state index contributed by atoms with van der Waals surface area (Å²) in [6, 6.07) is 5.26. The number of nitrogens with two attached hydrogens (primary N) is 4. The highest BCUT2D eigenvalue weighted by Gasteiger charge is 2.11. The number of oxime groups is 2. The lowest BCUT2D eigenvalue weighted by Crippen LogP contribution is -2.23. The van der Waals surface area contributed by atoms with E-state index in [0.717, 1.165) is 0 Å². The molecule has 1 rings (SSSR count). The molecule has 0 saturated heterocycles. The van der Waals surface area contributed by atoms with Crippen molar-refractivity contribution in [2.24, 2.45) is 33.2 Å². The Morgan fingerprint density at radius 2 is 1.05 bits per heavy atom. The molecule has 0 unspecified atom stereocenters. The second kappa shape index (κ2) is 6.58. The van der Waals surface area contributed by atoms with Crippen molar-refractivity contribution in [3.8, 4) is 0 Å². The average molecular weight is 280 g/mol. The van der Waals surface area contributed by atoms with Crippen LogP contribution in [0.4, 0.5) is 0 Å². The molecule has 0 aromatic heterocycles. The summed E-state index contributed by atoms with van der Waals surface area (Å²) >= 11 is 0. The summed E-state index contributed by atoms with van der Waals surface area (Å²) in [5.41, 5.74) is 20.3. The Kier molecular flexibility index (Phi) is 4.86. The molecule has 8 N–H and O–H groups in total. The molecular weight excluding hydrogens is 268 g/mol. The van der Waals surface area contributed by atoms with E-state index in [9.17, 15) is 9.59 Å². The third kappa shape index (κ3) is 4.52. The lowest BCUT2D eigenvalue weighted by molar-refractivity contribution is 0.0501. The lowest BCUT2D eigenvalue weighted by atomic mass is 10.1. The molecule has 0 spiro atoms. The van der Waals surface area contributed by atoms with Crippen molar-refractivity contribution in [1.29, 1.82) is 0 Å². The van der Waals surface area contributed by atoms with Gasteiger partial charge in [0.15, 0.2) is 0 Å². The fraction of sp³-hybridized carbons (Fsp3) is 0. The topological polar surface area (TPSA) is 181 Å². The number of rotatable bonds is 4. The van der Waals surface area contributed by atoms with Crippen molar-refractivity contribution in [2.45, 2.75) is 0 Å². The summed E-state index contributed by atoms with van der Waals surface area (Å²) in [4.78, 5) is 31.7. The fourth-order valence-corrected chi connectivity index (χ4v) is 1.04. The summed E-state index contributed by atoms with van der Waals surface area (Å²) in [6.45, 7) is 0. The van der Waals surface area contributed by atoms with Crippen molar-refractivity contribution in [3.05, 3.63) is 35.4 Å². The molecule has 0 aliphatic carbocycles. The van der Waals surface area contributed by atoms with Crippen LogP contribution in [-0.4, -0.2) is 23.9 Å². The molecule has 0 heterocycles. The maximum Gasteiger partial charge on any atom is 0.365 e. The lowest BCUT2D eigenvalue weighted by Gasteiger charge is -2.01. The third-order valence-electron chi connectivity index (χ3n) is 1.82. The molecule has 106 valence electrons. The standard InChI is InChI=1S/C10H12N6O4/c11-9(12)15-19-7(17)5-1-2-6(4-3-5)8(18)20-16-10(13)14/h1-4H,(H4,11,12,15)(H4,13,14,16). The molecule has 0 saturated carbocycles. The van der Waals surface area contributed by atoms with Gasteiger partial charge >= 0.3 is 11.9 Å². The highest BCUT2D eigenvalue weighted by Crippen LogP contribution is 2.07. The van der Waals surface area contributed by atoms with E-state index in [4.69, 9.17) is 22.9 Å². The van der Waals surface area contributed by atoms with Crippen molar-refractivity contribution in [2.75, 3.05) is 0 Å². The summed E-state index contributed by atoms with van der Waals surface area (Å²) in [5, 5.41) is 6.19. The van der Waals surface area contributed by atoms with E-state index in [0.29, 0.717) is 0 Å². The smallest absolute Gasteiger partial charge is 0.365 e. The normalized spacial score (nSPS) is 9.20. The molecule has 10 nitrogen and oxygen atoms in total. The minimum Gasteiger partial charge on any atom is -0.367 e. The van der Waals surface area contributed by atoms with Gasteiger partial charge in [0.25, 0.3) is 0 Å². The minimum atomic E-state index is -0.789. The molecule has 10 heteroatoms.